The average molecular weight is 332 g/mol. The van der Waals surface area contributed by atoms with E-state index in [1.165, 1.54) is 0 Å². The molecule has 7 nitrogen and oxygen atoms in total. The Bertz CT molecular complexity index is 637. The summed E-state index contributed by atoms with van der Waals surface area (Å²) in [5, 5.41) is 11.7. The minimum atomic E-state index is -0.923. The van der Waals surface area contributed by atoms with E-state index in [9.17, 15) is 14.4 Å². The van der Waals surface area contributed by atoms with Gasteiger partial charge < -0.3 is 20.1 Å². The van der Waals surface area contributed by atoms with E-state index in [0.717, 1.165) is 0 Å². The van der Waals surface area contributed by atoms with Crippen LogP contribution in [0.5, 0.6) is 0 Å². The number of carboxylic acids is 1. The van der Waals surface area contributed by atoms with Crippen LogP contribution in [0.25, 0.3) is 0 Å². The lowest BCUT2D eigenvalue weighted by Gasteiger charge is -2.31. The van der Waals surface area contributed by atoms with Crippen molar-refractivity contribution in [3.63, 3.8) is 0 Å². The third-order valence-electron chi connectivity index (χ3n) is 4.63. The predicted molar refractivity (Wildman–Crippen MR) is 85.6 cm³/mol. The molecule has 3 rings (SSSR count). The summed E-state index contributed by atoms with van der Waals surface area (Å²) in [5.41, 5.74) is 1.12. The van der Waals surface area contributed by atoms with Gasteiger partial charge in [0.15, 0.2) is 0 Å². The Morgan fingerprint density at radius 1 is 1.04 bits per heavy atom. The minimum Gasteiger partial charge on any atom is -0.481 e. The Hall–Kier alpha value is -2.41. The molecule has 2 unspecified atom stereocenters. The number of nitrogens with one attached hydrogen (secondary N) is 1. The summed E-state index contributed by atoms with van der Waals surface area (Å²) >= 11 is 0. The molecular weight excluding hydrogens is 312 g/mol. The topological polar surface area (TPSA) is 95.9 Å². The second kappa shape index (κ2) is 7.00. The maximum atomic E-state index is 12.3. The number of carbonyl (C=O) groups is 3. The van der Waals surface area contributed by atoms with Crippen LogP contribution < -0.4 is 5.32 Å². The number of benzene rings is 1. The van der Waals surface area contributed by atoms with E-state index in [2.05, 4.69) is 5.32 Å². The highest BCUT2D eigenvalue weighted by molar-refractivity contribution is 5.97. The van der Waals surface area contributed by atoms with E-state index < -0.39 is 17.8 Å². The molecular formula is C17H20N2O5. The highest BCUT2D eigenvalue weighted by Crippen LogP contribution is 2.35. The molecule has 2 amide bonds. The number of carbonyl (C=O) groups excluding carboxylic acids is 2. The Labute approximate surface area is 139 Å². The lowest BCUT2D eigenvalue weighted by molar-refractivity contribution is -0.151. The summed E-state index contributed by atoms with van der Waals surface area (Å²) < 4.78 is 5.23. The molecule has 0 aromatic heterocycles. The van der Waals surface area contributed by atoms with E-state index >= 15 is 0 Å². The molecule has 1 aromatic carbocycles. The SMILES string of the molecule is O=C(O)C1CCC1C(=O)Nc1ccc(C(=O)N2CCOCC2)cc1. The molecule has 1 saturated carbocycles. The predicted octanol–water partition coefficient (Wildman–Crippen LogP) is 1.21. The molecule has 1 heterocycles. The van der Waals surface area contributed by atoms with Crippen molar-refractivity contribution in [2.75, 3.05) is 31.6 Å². The summed E-state index contributed by atoms with van der Waals surface area (Å²) in [6.07, 6.45) is 1.14. The molecule has 0 bridgehead atoms. The van der Waals surface area contributed by atoms with Crippen LogP contribution in [0, 0.1) is 11.8 Å². The maximum Gasteiger partial charge on any atom is 0.307 e. The smallest absolute Gasteiger partial charge is 0.307 e. The molecule has 1 saturated heterocycles. The second-order valence-corrected chi connectivity index (χ2v) is 6.10. The van der Waals surface area contributed by atoms with Crippen LogP contribution in [0.3, 0.4) is 0 Å². The molecule has 2 aliphatic rings. The zero-order valence-electron chi connectivity index (χ0n) is 13.2. The number of nitrogens with zero attached hydrogens (tertiary/aromatic N) is 1. The lowest BCUT2D eigenvalue weighted by Crippen LogP contribution is -2.41. The monoisotopic (exact) mass is 332 g/mol. The first-order valence-electron chi connectivity index (χ1n) is 8.07. The van der Waals surface area contributed by atoms with Crippen LogP contribution >= 0.6 is 0 Å². The Kier molecular flexibility index (Phi) is 4.80. The van der Waals surface area contributed by atoms with Gasteiger partial charge in [-0.15, -0.1) is 0 Å². The largest absolute Gasteiger partial charge is 0.481 e. The number of aliphatic carboxylic acids is 1. The fourth-order valence-electron chi connectivity index (χ4n) is 2.99. The van der Waals surface area contributed by atoms with Gasteiger partial charge in [-0.25, -0.2) is 0 Å². The highest BCUT2D eigenvalue weighted by atomic mass is 16.5. The Morgan fingerprint density at radius 2 is 1.67 bits per heavy atom. The zero-order chi connectivity index (χ0) is 17.1. The van der Waals surface area contributed by atoms with Gasteiger partial charge >= 0.3 is 5.97 Å². The maximum absolute atomic E-state index is 12.3. The average Bonchev–Trinajstić information content (AvgIpc) is 2.54. The lowest BCUT2D eigenvalue weighted by atomic mass is 9.73. The molecule has 2 fully saturated rings. The molecule has 24 heavy (non-hydrogen) atoms. The van der Waals surface area contributed by atoms with Gasteiger partial charge in [-0.2, -0.15) is 0 Å². The highest BCUT2D eigenvalue weighted by Gasteiger charge is 2.41. The van der Waals surface area contributed by atoms with Crippen LogP contribution in [0.1, 0.15) is 23.2 Å². The van der Waals surface area contributed by atoms with Gasteiger partial charge in [0.1, 0.15) is 0 Å². The molecule has 1 aliphatic heterocycles. The molecule has 1 aromatic rings. The van der Waals surface area contributed by atoms with Crippen molar-refractivity contribution in [3.8, 4) is 0 Å². The van der Waals surface area contributed by atoms with Crippen LogP contribution in [-0.4, -0.2) is 54.1 Å². The molecule has 1 aliphatic carbocycles. The second-order valence-electron chi connectivity index (χ2n) is 6.10. The first-order chi connectivity index (χ1) is 11.6. The summed E-state index contributed by atoms with van der Waals surface area (Å²) in [4.78, 5) is 37.2. The number of hydrogen-bond acceptors (Lipinski definition) is 4. The van der Waals surface area contributed by atoms with Gasteiger partial charge in [-0.05, 0) is 37.1 Å². The minimum absolute atomic E-state index is 0.0545. The van der Waals surface area contributed by atoms with Crippen molar-refractivity contribution < 1.29 is 24.2 Å². The van der Waals surface area contributed by atoms with E-state index in [1.54, 1.807) is 29.2 Å². The van der Waals surface area contributed by atoms with Crippen molar-refractivity contribution in [2.24, 2.45) is 11.8 Å². The first kappa shape index (κ1) is 16.4. The van der Waals surface area contributed by atoms with E-state index in [-0.39, 0.29) is 11.8 Å². The standard InChI is InChI=1S/C17H20N2O5/c20-15(13-5-6-14(13)17(22)23)18-12-3-1-11(2-4-12)16(21)19-7-9-24-10-8-19/h1-4,13-14H,5-10H2,(H,18,20)(H,22,23). The van der Waals surface area contributed by atoms with Crippen molar-refractivity contribution in [2.45, 2.75) is 12.8 Å². The molecule has 7 heteroatoms. The number of ether oxygens (including phenoxy) is 1. The van der Waals surface area contributed by atoms with Gasteiger partial charge in [-0.1, -0.05) is 0 Å². The van der Waals surface area contributed by atoms with E-state index in [4.69, 9.17) is 9.84 Å². The van der Waals surface area contributed by atoms with Crippen molar-refractivity contribution >= 4 is 23.5 Å². The van der Waals surface area contributed by atoms with Gasteiger partial charge in [0.2, 0.25) is 5.91 Å². The summed E-state index contributed by atoms with van der Waals surface area (Å²) in [6, 6.07) is 6.67. The van der Waals surface area contributed by atoms with Crippen LogP contribution in [0.2, 0.25) is 0 Å². The molecule has 0 radical (unpaired) electrons. The third-order valence-corrected chi connectivity index (χ3v) is 4.63. The quantitative estimate of drug-likeness (QED) is 0.864. The fourth-order valence-corrected chi connectivity index (χ4v) is 2.99. The number of morpholine rings is 1. The number of carboxylic acid groups (broad SMARTS) is 1. The third kappa shape index (κ3) is 3.41. The summed E-state index contributed by atoms with van der Waals surface area (Å²) in [7, 11) is 0. The molecule has 0 spiro atoms. The number of rotatable bonds is 4. The van der Waals surface area contributed by atoms with E-state index in [0.29, 0.717) is 50.4 Å². The zero-order valence-corrected chi connectivity index (χ0v) is 13.2. The van der Waals surface area contributed by atoms with Crippen LogP contribution in [-0.2, 0) is 14.3 Å². The molecule has 128 valence electrons. The summed E-state index contributed by atoms with van der Waals surface area (Å²) in [6.45, 7) is 2.25. The normalized spacial score (nSPS) is 23.2. The van der Waals surface area contributed by atoms with Crippen molar-refractivity contribution in [3.05, 3.63) is 29.8 Å². The van der Waals surface area contributed by atoms with Gasteiger partial charge in [-0.3, -0.25) is 14.4 Å². The number of amides is 2. The summed E-state index contributed by atoms with van der Waals surface area (Å²) in [5.74, 6) is -2.32. The van der Waals surface area contributed by atoms with Crippen LogP contribution in [0.4, 0.5) is 5.69 Å². The molecule has 2 N–H and O–H groups in total. The number of anilines is 1. The Morgan fingerprint density at radius 3 is 2.21 bits per heavy atom. The van der Waals surface area contributed by atoms with Crippen LogP contribution in [0.15, 0.2) is 24.3 Å². The first-order valence-corrected chi connectivity index (χ1v) is 8.07. The van der Waals surface area contributed by atoms with Gasteiger partial charge in [0.25, 0.3) is 5.91 Å². The number of hydrogen-bond donors (Lipinski definition) is 2. The van der Waals surface area contributed by atoms with Crippen molar-refractivity contribution in [1.82, 2.24) is 4.90 Å². The van der Waals surface area contributed by atoms with Gasteiger partial charge in [0, 0.05) is 24.3 Å². The fraction of sp³-hybridized carbons (Fsp3) is 0.471. The molecule has 2 atom stereocenters. The Balaban J connectivity index is 1.59. The van der Waals surface area contributed by atoms with Crippen molar-refractivity contribution in [1.29, 1.82) is 0 Å². The van der Waals surface area contributed by atoms with Gasteiger partial charge in [0.05, 0.1) is 25.0 Å². The van der Waals surface area contributed by atoms with E-state index in [1.807, 2.05) is 0 Å².